The summed E-state index contributed by atoms with van der Waals surface area (Å²) >= 11 is 0. The highest BCUT2D eigenvalue weighted by Gasteiger charge is 2.09. The van der Waals surface area contributed by atoms with Gasteiger partial charge >= 0.3 is 5.97 Å². The summed E-state index contributed by atoms with van der Waals surface area (Å²) in [4.78, 5) is 10.6. The van der Waals surface area contributed by atoms with Crippen LogP contribution >= 0.6 is 0 Å². The van der Waals surface area contributed by atoms with Crippen LogP contribution in [0, 0.1) is 0 Å². The summed E-state index contributed by atoms with van der Waals surface area (Å²) in [5.74, 6) is -1.11. The number of phenolic OH excluding ortho intramolecular Hbond substituents is 1. The zero-order chi connectivity index (χ0) is 11.4. The molecule has 1 aromatic rings. The molecule has 0 fully saturated rings. The van der Waals surface area contributed by atoms with E-state index in [9.17, 15) is 9.90 Å². The average molecular weight is 212 g/mol. The van der Waals surface area contributed by atoms with E-state index in [1.165, 1.54) is 12.1 Å². The Bertz CT molecular complexity index is 361. The summed E-state index contributed by atoms with van der Waals surface area (Å²) in [6.07, 6.45) is -0.451. The number of benzene rings is 1. The molecule has 0 amide bonds. The first-order valence-electron chi connectivity index (χ1n) is 4.38. The van der Waals surface area contributed by atoms with Gasteiger partial charge in [0.05, 0.1) is 12.2 Å². The first kappa shape index (κ1) is 11.3. The van der Waals surface area contributed by atoms with E-state index in [1.807, 2.05) is 0 Å². The highest BCUT2D eigenvalue weighted by atomic mass is 16.5. The molecule has 0 aromatic heterocycles. The molecule has 0 aliphatic heterocycles. The van der Waals surface area contributed by atoms with Crippen LogP contribution in [0.5, 0.6) is 11.5 Å². The number of ether oxygens (including phenoxy) is 1. The Hall–Kier alpha value is -1.75. The van der Waals surface area contributed by atoms with Crippen molar-refractivity contribution in [2.45, 2.75) is 13.0 Å². The zero-order valence-electron chi connectivity index (χ0n) is 8.17. The lowest BCUT2D eigenvalue weighted by Crippen LogP contribution is -2.16. The van der Waals surface area contributed by atoms with E-state index in [0.29, 0.717) is 0 Å². The van der Waals surface area contributed by atoms with Crippen molar-refractivity contribution in [3.8, 4) is 11.5 Å². The van der Waals surface area contributed by atoms with Crippen molar-refractivity contribution >= 4 is 5.97 Å². The van der Waals surface area contributed by atoms with Crippen molar-refractivity contribution < 1.29 is 24.9 Å². The largest absolute Gasteiger partial charge is 0.508 e. The van der Waals surface area contributed by atoms with E-state index in [-0.39, 0.29) is 23.7 Å². The third kappa shape index (κ3) is 3.14. The van der Waals surface area contributed by atoms with Crippen LogP contribution in [0.2, 0.25) is 0 Å². The fraction of sp³-hybridized carbons (Fsp3) is 0.300. The minimum Gasteiger partial charge on any atom is -0.508 e. The summed E-state index contributed by atoms with van der Waals surface area (Å²) in [6.45, 7) is 1.45. The molecule has 15 heavy (non-hydrogen) atoms. The second-order valence-corrected chi connectivity index (χ2v) is 3.13. The van der Waals surface area contributed by atoms with Crippen molar-refractivity contribution in [2.24, 2.45) is 0 Å². The van der Waals surface area contributed by atoms with Crippen LogP contribution in [0.15, 0.2) is 18.2 Å². The molecule has 0 aliphatic rings. The van der Waals surface area contributed by atoms with Gasteiger partial charge in [0.2, 0.25) is 0 Å². The molecule has 5 nitrogen and oxygen atoms in total. The predicted molar refractivity (Wildman–Crippen MR) is 52.2 cm³/mol. The van der Waals surface area contributed by atoms with E-state index >= 15 is 0 Å². The third-order valence-electron chi connectivity index (χ3n) is 1.73. The van der Waals surface area contributed by atoms with Crippen LogP contribution in [0.4, 0.5) is 0 Å². The fourth-order valence-electron chi connectivity index (χ4n) is 1.04. The number of aromatic hydroxyl groups is 1. The SMILES string of the molecule is C[C@@H](CO)Oc1cc(O)cc(C(=O)O)c1. The molecule has 0 heterocycles. The number of rotatable bonds is 4. The monoisotopic (exact) mass is 212 g/mol. The van der Waals surface area contributed by atoms with Crippen molar-refractivity contribution in [2.75, 3.05) is 6.61 Å². The second kappa shape index (κ2) is 4.65. The molecule has 1 aromatic carbocycles. The Labute approximate surface area is 86.5 Å². The topological polar surface area (TPSA) is 87.0 Å². The lowest BCUT2D eigenvalue weighted by Gasteiger charge is -2.12. The Morgan fingerprint density at radius 2 is 2.13 bits per heavy atom. The van der Waals surface area contributed by atoms with Gasteiger partial charge in [-0.25, -0.2) is 4.79 Å². The molecule has 5 heteroatoms. The first-order chi connectivity index (χ1) is 7.02. The molecule has 0 saturated carbocycles. The predicted octanol–water partition coefficient (Wildman–Crippen LogP) is 0.850. The van der Waals surface area contributed by atoms with Gasteiger partial charge in [0.25, 0.3) is 0 Å². The summed E-state index contributed by atoms with van der Waals surface area (Å²) < 4.78 is 5.16. The van der Waals surface area contributed by atoms with Crippen LogP contribution < -0.4 is 4.74 Å². The molecule has 1 rings (SSSR count). The standard InChI is InChI=1S/C10H12O5/c1-6(5-11)15-9-3-7(10(13)14)2-8(12)4-9/h2-4,6,11-12H,5H2,1H3,(H,13,14)/t6-/m0/s1. The molecule has 0 bridgehead atoms. The smallest absolute Gasteiger partial charge is 0.335 e. The molecule has 0 unspecified atom stereocenters. The minimum absolute atomic E-state index is 0.0601. The zero-order valence-corrected chi connectivity index (χ0v) is 8.17. The van der Waals surface area contributed by atoms with Gasteiger partial charge in [-0.3, -0.25) is 0 Å². The van der Waals surface area contributed by atoms with Crippen molar-refractivity contribution in [3.63, 3.8) is 0 Å². The Morgan fingerprint density at radius 3 is 2.67 bits per heavy atom. The number of carboxylic acid groups (broad SMARTS) is 1. The molecule has 0 aliphatic carbocycles. The molecule has 0 spiro atoms. The normalized spacial score (nSPS) is 12.1. The number of hydrogen-bond acceptors (Lipinski definition) is 4. The van der Waals surface area contributed by atoms with Crippen LogP contribution in [0.3, 0.4) is 0 Å². The Morgan fingerprint density at radius 1 is 1.47 bits per heavy atom. The minimum atomic E-state index is -1.15. The number of hydrogen-bond donors (Lipinski definition) is 3. The summed E-state index contributed by atoms with van der Waals surface area (Å²) in [7, 11) is 0. The summed E-state index contributed by atoms with van der Waals surface area (Å²) in [6, 6.07) is 3.70. The quantitative estimate of drug-likeness (QED) is 0.688. The fourth-order valence-corrected chi connectivity index (χ4v) is 1.04. The molecule has 1 atom stereocenters. The number of carboxylic acids is 1. The maximum absolute atomic E-state index is 10.6. The van der Waals surface area contributed by atoms with Gasteiger partial charge in [0.15, 0.2) is 0 Å². The first-order valence-corrected chi connectivity index (χ1v) is 4.38. The highest BCUT2D eigenvalue weighted by Crippen LogP contribution is 2.22. The molecule has 0 radical (unpaired) electrons. The maximum atomic E-state index is 10.6. The lowest BCUT2D eigenvalue weighted by molar-refractivity contribution is 0.0695. The van der Waals surface area contributed by atoms with Gasteiger partial charge in [0, 0.05) is 6.07 Å². The molecule has 82 valence electrons. The van der Waals surface area contributed by atoms with E-state index in [2.05, 4.69) is 0 Å². The van der Waals surface area contributed by atoms with Crippen LogP contribution in [-0.2, 0) is 0 Å². The second-order valence-electron chi connectivity index (χ2n) is 3.13. The van der Waals surface area contributed by atoms with E-state index in [0.717, 1.165) is 6.07 Å². The van der Waals surface area contributed by atoms with E-state index in [4.69, 9.17) is 14.9 Å². The summed E-state index contributed by atoms with van der Waals surface area (Å²) in [5, 5.41) is 26.7. The average Bonchev–Trinajstić information content (AvgIpc) is 2.16. The summed E-state index contributed by atoms with van der Waals surface area (Å²) in [5.41, 5.74) is -0.0601. The Balaban J connectivity index is 2.93. The molecular weight excluding hydrogens is 200 g/mol. The van der Waals surface area contributed by atoms with Gasteiger partial charge in [-0.2, -0.15) is 0 Å². The highest BCUT2D eigenvalue weighted by molar-refractivity contribution is 5.88. The van der Waals surface area contributed by atoms with Crippen molar-refractivity contribution in [1.29, 1.82) is 0 Å². The van der Waals surface area contributed by atoms with Gasteiger partial charge in [-0.1, -0.05) is 0 Å². The number of carbonyl (C=O) groups is 1. The number of phenols is 1. The van der Waals surface area contributed by atoms with Crippen molar-refractivity contribution in [3.05, 3.63) is 23.8 Å². The maximum Gasteiger partial charge on any atom is 0.335 e. The van der Waals surface area contributed by atoms with Gasteiger partial charge < -0.3 is 20.1 Å². The van der Waals surface area contributed by atoms with Gasteiger partial charge in [-0.15, -0.1) is 0 Å². The molecule has 0 saturated heterocycles. The van der Waals surface area contributed by atoms with E-state index < -0.39 is 12.1 Å². The van der Waals surface area contributed by atoms with Gasteiger partial charge in [-0.05, 0) is 19.1 Å². The van der Waals surface area contributed by atoms with Gasteiger partial charge in [0.1, 0.15) is 17.6 Å². The number of aliphatic hydroxyl groups is 1. The number of aliphatic hydroxyl groups excluding tert-OH is 1. The van der Waals surface area contributed by atoms with E-state index in [1.54, 1.807) is 6.92 Å². The van der Waals surface area contributed by atoms with Crippen LogP contribution in [0.1, 0.15) is 17.3 Å². The third-order valence-corrected chi connectivity index (χ3v) is 1.73. The van der Waals surface area contributed by atoms with Crippen LogP contribution in [-0.4, -0.2) is 34.0 Å². The van der Waals surface area contributed by atoms with Crippen molar-refractivity contribution in [1.82, 2.24) is 0 Å². The number of aromatic carboxylic acids is 1. The molecular formula is C10H12O5. The van der Waals surface area contributed by atoms with Crippen LogP contribution in [0.25, 0.3) is 0 Å². The molecule has 3 N–H and O–H groups in total. The Kier molecular flexibility index (Phi) is 3.51. The lowest BCUT2D eigenvalue weighted by atomic mass is 10.2.